The second kappa shape index (κ2) is 4.03. The van der Waals surface area contributed by atoms with Crippen molar-refractivity contribution in [1.82, 2.24) is 5.32 Å². The van der Waals surface area contributed by atoms with Crippen LogP contribution in [-0.2, 0) is 9.53 Å². The van der Waals surface area contributed by atoms with E-state index in [-0.39, 0.29) is 0 Å². The zero-order valence-electron chi connectivity index (χ0n) is 6.05. The van der Waals surface area contributed by atoms with E-state index in [0.29, 0.717) is 5.57 Å². The number of nitrogens with one attached hydrogen (secondary N) is 1. The van der Waals surface area contributed by atoms with Crippen LogP contribution in [0.15, 0.2) is 12.2 Å². The predicted molar refractivity (Wildman–Crippen MR) is 36.0 cm³/mol. The molecule has 0 aliphatic rings. The van der Waals surface area contributed by atoms with Gasteiger partial charge in [0, 0.05) is 12.7 Å². The first-order valence-corrected chi connectivity index (χ1v) is 2.75. The number of amides is 1. The molecule has 0 radical (unpaired) electrons. The average molecular weight is 145 g/mol. The summed E-state index contributed by atoms with van der Waals surface area (Å²) >= 11 is 0. The summed E-state index contributed by atoms with van der Waals surface area (Å²) < 4.78 is 4.35. The fraction of sp³-hybridized carbons (Fsp3) is 0.500. The highest BCUT2D eigenvalue weighted by molar-refractivity contribution is 5.92. The standard InChI is InChI=1S/C6H11NO3/c1-4(2)5(8)7-6(9)10-3/h6,9H,1H2,2-3H3,(H,7,8). The molecule has 0 saturated carbocycles. The Morgan fingerprint density at radius 2 is 2.30 bits per heavy atom. The molecule has 0 aliphatic heterocycles. The van der Waals surface area contributed by atoms with Gasteiger partial charge in [-0.1, -0.05) is 6.58 Å². The summed E-state index contributed by atoms with van der Waals surface area (Å²) in [5.41, 5.74) is 0.330. The number of hydrogen-bond donors (Lipinski definition) is 2. The largest absolute Gasteiger partial charge is 0.351 e. The molecular weight excluding hydrogens is 134 g/mol. The van der Waals surface area contributed by atoms with Crippen molar-refractivity contribution >= 4 is 5.91 Å². The Labute approximate surface area is 59.5 Å². The van der Waals surface area contributed by atoms with Gasteiger partial charge in [0.25, 0.3) is 0 Å². The van der Waals surface area contributed by atoms with Gasteiger partial charge in [0.15, 0.2) is 0 Å². The van der Waals surface area contributed by atoms with Gasteiger partial charge in [-0.15, -0.1) is 0 Å². The summed E-state index contributed by atoms with van der Waals surface area (Å²) in [5.74, 6) is -0.422. The van der Waals surface area contributed by atoms with Crippen molar-refractivity contribution in [3.63, 3.8) is 0 Å². The van der Waals surface area contributed by atoms with Crippen molar-refractivity contribution in [3.05, 3.63) is 12.2 Å². The van der Waals surface area contributed by atoms with E-state index in [1.54, 1.807) is 0 Å². The van der Waals surface area contributed by atoms with Gasteiger partial charge in [-0.2, -0.15) is 0 Å². The van der Waals surface area contributed by atoms with Gasteiger partial charge >= 0.3 is 0 Å². The molecule has 1 unspecified atom stereocenters. The van der Waals surface area contributed by atoms with Crippen LogP contribution in [0.5, 0.6) is 0 Å². The van der Waals surface area contributed by atoms with E-state index in [4.69, 9.17) is 5.11 Å². The summed E-state index contributed by atoms with van der Waals surface area (Å²) in [6, 6.07) is 0. The second-order valence-electron chi connectivity index (χ2n) is 1.84. The summed E-state index contributed by atoms with van der Waals surface area (Å²) in [7, 11) is 1.28. The normalized spacial score (nSPS) is 12.3. The van der Waals surface area contributed by atoms with E-state index in [2.05, 4.69) is 16.6 Å². The van der Waals surface area contributed by atoms with E-state index in [0.717, 1.165) is 0 Å². The molecule has 0 aromatic heterocycles. The first-order valence-electron chi connectivity index (χ1n) is 2.75. The Hall–Kier alpha value is -0.870. The molecular formula is C6H11NO3. The van der Waals surface area contributed by atoms with Crippen molar-refractivity contribution in [1.29, 1.82) is 0 Å². The van der Waals surface area contributed by atoms with Crippen LogP contribution >= 0.6 is 0 Å². The number of ether oxygens (including phenoxy) is 1. The molecule has 0 aliphatic carbocycles. The monoisotopic (exact) mass is 145 g/mol. The molecule has 0 rings (SSSR count). The summed E-state index contributed by atoms with van der Waals surface area (Å²) in [6.45, 7) is 4.90. The number of rotatable bonds is 3. The lowest BCUT2D eigenvalue weighted by Gasteiger charge is -2.09. The maximum atomic E-state index is 10.7. The number of carbonyl (C=O) groups excluding carboxylic acids is 1. The van der Waals surface area contributed by atoms with Crippen LogP contribution in [0.3, 0.4) is 0 Å². The molecule has 0 saturated heterocycles. The van der Waals surface area contributed by atoms with Crippen LogP contribution in [0, 0.1) is 0 Å². The summed E-state index contributed by atoms with van der Waals surface area (Å²) in [5, 5.41) is 10.8. The molecule has 0 aromatic carbocycles. The molecule has 10 heavy (non-hydrogen) atoms. The number of hydrogen-bond acceptors (Lipinski definition) is 3. The van der Waals surface area contributed by atoms with Crippen molar-refractivity contribution in [2.45, 2.75) is 13.3 Å². The van der Waals surface area contributed by atoms with E-state index in [9.17, 15) is 4.79 Å². The Balaban J connectivity index is 3.68. The van der Waals surface area contributed by atoms with Gasteiger partial charge in [0.05, 0.1) is 0 Å². The van der Waals surface area contributed by atoms with Crippen LogP contribution in [-0.4, -0.2) is 24.5 Å². The molecule has 58 valence electrons. The molecule has 1 atom stereocenters. The zero-order chi connectivity index (χ0) is 8.15. The molecule has 4 nitrogen and oxygen atoms in total. The highest BCUT2D eigenvalue weighted by atomic mass is 16.6. The highest BCUT2D eigenvalue weighted by Gasteiger charge is 2.05. The Morgan fingerprint density at radius 3 is 2.60 bits per heavy atom. The number of carbonyl (C=O) groups is 1. The fourth-order valence-electron chi connectivity index (χ4n) is 0.294. The summed E-state index contributed by atoms with van der Waals surface area (Å²) in [6.07, 6.45) is -1.25. The number of methoxy groups -OCH3 is 1. The predicted octanol–water partition coefficient (Wildman–Crippen LogP) is -0.399. The van der Waals surface area contributed by atoms with Crippen molar-refractivity contribution < 1.29 is 14.6 Å². The third-order valence-corrected chi connectivity index (χ3v) is 0.865. The molecule has 4 heteroatoms. The number of aliphatic hydroxyl groups excluding tert-OH is 1. The van der Waals surface area contributed by atoms with Gasteiger partial charge in [-0.25, -0.2) is 0 Å². The van der Waals surface area contributed by atoms with E-state index < -0.39 is 12.3 Å². The lowest BCUT2D eigenvalue weighted by molar-refractivity contribution is -0.136. The molecule has 1 amide bonds. The minimum atomic E-state index is -1.25. The van der Waals surface area contributed by atoms with Crippen LogP contribution in [0.1, 0.15) is 6.92 Å². The van der Waals surface area contributed by atoms with Crippen molar-refractivity contribution in [3.8, 4) is 0 Å². The van der Waals surface area contributed by atoms with E-state index in [1.807, 2.05) is 0 Å². The molecule has 2 N–H and O–H groups in total. The molecule has 0 spiro atoms. The molecule has 0 fully saturated rings. The first kappa shape index (κ1) is 9.13. The van der Waals surface area contributed by atoms with E-state index >= 15 is 0 Å². The van der Waals surface area contributed by atoms with Crippen molar-refractivity contribution in [2.75, 3.05) is 7.11 Å². The Kier molecular flexibility index (Phi) is 3.68. The van der Waals surface area contributed by atoms with Crippen LogP contribution in [0.2, 0.25) is 0 Å². The minimum Gasteiger partial charge on any atom is -0.351 e. The summed E-state index contributed by atoms with van der Waals surface area (Å²) in [4.78, 5) is 10.7. The topological polar surface area (TPSA) is 58.6 Å². The van der Waals surface area contributed by atoms with Gasteiger partial charge < -0.3 is 15.2 Å². The average Bonchev–Trinajstić information content (AvgIpc) is 1.87. The van der Waals surface area contributed by atoms with Gasteiger partial charge in [-0.3, -0.25) is 4.79 Å². The fourth-order valence-corrected chi connectivity index (χ4v) is 0.294. The second-order valence-corrected chi connectivity index (χ2v) is 1.84. The van der Waals surface area contributed by atoms with Crippen molar-refractivity contribution in [2.24, 2.45) is 0 Å². The zero-order valence-corrected chi connectivity index (χ0v) is 6.05. The molecule has 0 aromatic rings. The Morgan fingerprint density at radius 1 is 1.80 bits per heavy atom. The van der Waals surface area contributed by atoms with E-state index in [1.165, 1.54) is 14.0 Å². The van der Waals surface area contributed by atoms with Gasteiger partial charge in [0.1, 0.15) is 0 Å². The smallest absolute Gasteiger partial charge is 0.250 e. The molecule has 0 bridgehead atoms. The van der Waals surface area contributed by atoms with Gasteiger partial charge in [-0.05, 0) is 6.92 Å². The lowest BCUT2D eigenvalue weighted by Crippen LogP contribution is -2.36. The van der Waals surface area contributed by atoms with Crippen LogP contribution < -0.4 is 5.32 Å². The molecule has 0 heterocycles. The first-order chi connectivity index (χ1) is 4.57. The quantitative estimate of drug-likeness (QED) is 0.419. The maximum Gasteiger partial charge on any atom is 0.250 e. The third-order valence-electron chi connectivity index (χ3n) is 0.865. The van der Waals surface area contributed by atoms with Crippen LogP contribution in [0.25, 0.3) is 0 Å². The SMILES string of the molecule is C=C(C)C(=O)NC(O)OC. The third kappa shape index (κ3) is 3.21. The highest BCUT2D eigenvalue weighted by Crippen LogP contribution is 1.86. The Bertz CT molecular complexity index is 144. The maximum absolute atomic E-state index is 10.7. The van der Waals surface area contributed by atoms with Gasteiger partial charge in [0.2, 0.25) is 12.3 Å². The number of aliphatic hydroxyl groups is 1. The minimum absolute atomic E-state index is 0.330. The lowest BCUT2D eigenvalue weighted by atomic mass is 10.3. The van der Waals surface area contributed by atoms with Crippen LogP contribution in [0.4, 0.5) is 0 Å².